The van der Waals surface area contributed by atoms with E-state index in [9.17, 15) is 10.1 Å². The lowest BCUT2D eigenvalue weighted by Gasteiger charge is -1.89. The second kappa shape index (κ2) is 3.32. The topological polar surface area (TPSA) is 47.5 Å². The van der Waals surface area contributed by atoms with Gasteiger partial charge >= 0.3 is 5.00 Å². The smallest absolute Gasteiger partial charge is 0.308 e. The van der Waals surface area contributed by atoms with Crippen LogP contribution >= 0.6 is 11.3 Å². The average molecular weight is 182 g/mol. The highest BCUT2D eigenvalue weighted by molar-refractivity contribution is 7.15. The predicted molar refractivity (Wildman–Crippen MR) is 46.0 cm³/mol. The molecule has 62 valence electrons. The second-order valence-corrected chi connectivity index (χ2v) is 3.33. The first-order valence-corrected chi connectivity index (χ1v) is 4.07. The summed E-state index contributed by atoms with van der Waals surface area (Å²) in [6.07, 6.45) is 0. The highest BCUT2D eigenvalue weighted by atomic mass is 32.1. The molecule has 1 unspecified atom stereocenters. The third-order valence-corrected chi connectivity index (χ3v) is 2.61. The van der Waals surface area contributed by atoms with Gasteiger partial charge < -0.3 is 4.85 Å². The highest BCUT2D eigenvalue weighted by Crippen LogP contribution is 2.30. The van der Waals surface area contributed by atoms with Crippen molar-refractivity contribution in [2.45, 2.75) is 13.0 Å². The molecule has 0 aliphatic heterocycles. The normalized spacial score (nSPS) is 12.0. The SMILES string of the molecule is [C-]#[N+]C(C)c1ccc([N+](=O)[O-])s1. The van der Waals surface area contributed by atoms with Crippen LogP contribution in [0.5, 0.6) is 0 Å². The van der Waals surface area contributed by atoms with Crippen molar-refractivity contribution in [1.29, 1.82) is 0 Å². The molecule has 0 N–H and O–H groups in total. The van der Waals surface area contributed by atoms with Gasteiger partial charge in [-0.3, -0.25) is 10.1 Å². The summed E-state index contributed by atoms with van der Waals surface area (Å²) in [5.41, 5.74) is 0. The van der Waals surface area contributed by atoms with Gasteiger partial charge in [0.05, 0.1) is 9.80 Å². The van der Waals surface area contributed by atoms with Crippen LogP contribution in [-0.4, -0.2) is 4.92 Å². The molecule has 1 rings (SSSR count). The summed E-state index contributed by atoms with van der Waals surface area (Å²) in [7, 11) is 0. The van der Waals surface area contributed by atoms with Gasteiger partial charge in [0.15, 0.2) is 0 Å². The van der Waals surface area contributed by atoms with E-state index in [4.69, 9.17) is 6.57 Å². The molecule has 5 heteroatoms. The fourth-order valence-electron chi connectivity index (χ4n) is 0.728. The van der Waals surface area contributed by atoms with E-state index in [2.05, 4.69) is 4.85 Å². The number of rotatable bonds is 2. The summed E-state index contributed by atoms with van der Waals surface area (Å²) >= 11 is 1.06. The third kappa shape index (κ3) is 1.60. The zero-order valence-corrected chi connectivity index (χ0v) is 7.17. The molecule has 1 aromatic heterocycles. The van der Waals surface area contributed by atoms with Crippen molar-refractivity contribution in [1.82, 2.24) is 0 Å². The van der Waals surface area contributed by atoms with Crippen LogP contribution in [-0.2, 0) is 0 Å². The Kier molecular flexibility index (Phi) is 2.41. The minimum absolute atomic E-state index is 0.0977. The van der Waals surface area contributed by atoms with Crippen LogP contribution in [0.2, 0.25) is 0 Å². The van der Waals surface area contributed by atoms with E-state index >= 15 is 0 Å². The molecule has 0 radical (unpaired) electrons. The van der Waals surface area contributed by atoms with Gasteiger partial charge in [0, 0.05) is 13.0 Å². The van der Waals surface area contributed by atoms with E-state index in [0.29, 0.717) is 0 Å². The van der Waals surface area contributed by atoms with Crippen molar-refractivity contribution in [3.8, 4) is 0 Å². The van der Waals surface area contributed by atoms with Crippen LogP contribution in [0.3, 0.4) is 0 Å². The Hall–Kier alpha value is -1.41. The van der Waals surface area contributed by atoms with E-state index in [1.807, 2.05) is 0 Å². The Balaban J connectivity index is 2.93. The van der Waals surface area contributed by atoms with Gasteiger partial charge in [-0.2, -0.15) is 0 Å². The number of hydrogen-bond acceptors (Lipinski definition) is 3. The Labute approximate surface area is 73.4 Å². The molecule has 0 saturated heterocycles. The largest absolute Gasteiger partial charge is 0.324 e. The number of thiophene rings is 1. The predicted octanol–water partition coefficient (Wildman–Crippen LogP) is 2.64. The lowest BCUT2D eigenvalue weighted by Crippen LogP contribution is -1.81. The van der Waals surface area contributed by atoms with Crippen molar-refractivity contribution < 1.29 is 4.92 Å². The number of hydrogen-bond donors (Lipinski definition) is 0. The molecule has 0 fully saturated rings. The maximum atomic E-state index is 10.3. The molecule has 0 aliphatic carbocycles. The van der Waals surface area contributed by atoms with E-state index in [1.165, 1.54) is 6.07 Å². The highest BCUT2D eigenvalue weighted by Gasteiger charge is 2.16. The lowest BCUT2D eigenvalue weighted by molar-refractivity contribution is -0.380. The maximum absolute atomic E-state index is 10.3. The van der Waals surface area contributed by atoms with Gasteiger partial charge in [-0.05, 0) is 6.07 Å². The van der Waals surface area contributed by atoms with E-state index < -0.39 is 4.92 Å². The Morgan fingerprint density at radius 2 is 2.42 bits per heavy atom. The van der Waals surface area contributed by atoms with Crippen LogP contribution in [0, 0.1) is 16.7 Å². The van der Waals surface area contributed by atoms with Crippen molar-refractivity contribution in [2.24, 2.45) is 0 Å². The number of nitrogens with zero attached hydrogens (tertiary/aromatic N) is 2. The average Bonchev–Trinajstić information content (AvgIpc) is 2.51. The summed E-state index contributed by atoms with van der Waals surface area (Å²) in [5.74, 6) is 0. The van der Waals surface area contributed by atoms with Crippen LogP contribution in [0.4, 0.5) is 5.00 Å². The van der Waals surface area contributed by atoms with Gasteiger partial charge in [-0.15, -0.1) is 0 Å². The molecule has 1 aromatic rings. The molecule has 1 atom stereocenters. The molecule has 0 saturated carbocycles. The molecule has 0 spiro atoms. The molecule has 12 heavy (non-hydrogen) atoms. The quantitative estimate of drug-likeness (QED) is 0.401. The van der Waals surface area contributed by atoms with E-state index in [0.717, 1.165) is 16.2 Å². The molecule has 0 bridgehead atoms. The Bertz CT molecular complexity index is 339. The monoisotopic (exact) mass is 182 g/mol. The van der Waals surface area contributed by atoms with E-state index in [-0.39, 0.29) is 11.0 Å². The fourth-order valence-corrected chi connectivity index (χ4v) is 1.54. The lowest BCUT2D eigenvalue weighted by atomic mass is 10.3. The first-order valence-electron chi connectivity index (χ1n) is 3.26. The van der Waals surface area contributed by atoms with Crippen molar-refractivity contribution in [2.75, 3.05) is 0 Å². The summed E-state index contributed by atoms with van der Waals surface area (Å²) in [5, 5.41) is 10.4. The molecule has 0 amide bonds. The minimum atomic E-state index is -0.440. The van der Waals surface area contributed by atoms with Crippen molar-refractivity contribution in [3.05, 3.63) is 38.5 Å². The van der Waals surface area contributed by atoms with Crippen LogP contribution < -0.4 is 0 Å². The summed E-state index contributed by atoms with van der Waals surface area (Å²) in [6, 6.07) is 2.79. The molecule has 0 aliphatic rings. The van der Waals surface area contributed by atoms with Crippen LogP contribution in [0.1, 0.15) is 17.8 Å². The third-order valence-electron chi connectivity index (χ3n) is 1.40. The molecule has 4 nitrogen and oxygen atoms in total. The fraction of sp³-hybridized carbons (Fsp3) is 0.286. The summed E-state index contributed by atoms with van der Waals surface area (Å²) in [4.78, 5) is 13.8. The Morgan fingerprint density at radius 3 is 2.83 bits per heavy atom. The minimum Gasteiger partial charge on any atom is -0.308 e. The van der Waals surface area contributed by atoms with Crippen LogP contribution in [0.15, 0.2) is 12.1 Å². The zero-order chi connectivity index (χ0) is 9.14. The van der Waals surface area contributed by atoms with Crippen LogP contribution in [0.25, 0.3) is 4.85 Å². The van der Waals surface area contributed by atoms with Gasteiger partial charge in [0.1, 0.15) is 0 Å². The first kappa shape index (κ1) is 8.68. The molecule has 0 aromatic carbocycles. The standard InChI is InChI=1S/C7H6N2O2S/c1-5(8-2)6-3-4-7(12-6)9(10)11/h3-5H,1H3. The molecular weight excluding hydrogens is 176 g/mol. The van der Waals surface area contributed by atoms with Gasteiger partial charge in [-0.1, -0.05) is 11.3 Å². The summed E-state index contributed by atoms with van der Waals surface area (Å²) in [6.45, 7) is 8.45. The van der Waals surface area contributed by atoms with Gasteiger partial charge in [0.25, 0.3) is 6.04 Å². The van der Waals surface area contributed by atoms with Gasteiger partial charge in [-0.25, -0.2) is 6.57 Å². The van der Waals surface area contributed by atoms with Gasteiger partial charge in [0.2, 0.25) is 0 Å². The second-order valence-electron chi connectivity index (χ2n) is 2.24. The Morgan fingerprint density at radius 1 is 1.75 bits per heavy atom. The summed E-state index contributed by atoms with van der Waals surface area (Å²) < 4.78 is 0. The number of nitro groups is 1. The molecule has 1 heterocycles. The van der Waals surface area contributed by atoms with E-state index in [1.54, 1.807) is 13.0 Å². The first-order chi connectivity index (χ1) is 5.65. The van der Waals surface area contributed by atoms with Crippen molar-refractivity contribution in [3.63, 3.8) is 0 Å². The van der Waals surface area contributed by atoms with Crippen molar-refractivity contribution >= 4 is 16.3 Å². The maximum Gasteiger partial charge on any atom is 0.324 e. The zero-order valence-electron chi connectivity index (χ0n) is 6.35. The molecular formula is C7H6N2O2S.